The summed E-state index contributed by atoms with van der Waals surface area (Å²) >= 11 is 6.06. The van der Waals surface area contributed by atoms with E-state index in [0.29, 0.717) is 30.1 Å². The van der Waals surface area contributed by atoms with Crippen molar-refractivity contribution in [1.82, 2.24) is 15.5 Å². The number of amides is 3. The molecule has 1 unspecified atom stereocenters. The number of fused-ring (bicyclic) bond motifs is 1. The second-order valence-corrected chi connectivity index (χ2v) is 15.3. The third-order valence-electron chi connectivity index (χ3n) is 9.23. The number of nitrogens with one attached hydrogen (secondary N) is 2. The Labute approximate surface area is 294 Å². The van der Waals surface area contributed by atoms with Gasteiger partial charge in [-0.25, -0.2) is 4.79 Å². The monoisotopic (exact) mass is 719 g/mol. The number of hydrogen-bond acceptors (Lipinski definition) is 8. The highest BCUT2D eigenvalue weighted by Crippen LogP contribution is 2.53. The van der Waals surface area contributed by atoms with E-state index in [1.54, 1.807) is 43.0 Å². The van der Waals surface area contributed by atoms with E-state index in [2.05, 4.69) is 22.8 Å². The molecule has 1 aliphatic carbocycles. The van der Waals surface area contributed by atoms with Crippen LogP contribution in [-0.4, -0.2) is 72.1 Å². The number of nitrogens with zero attached hydrogens (tertiary/aromatic N) is 1. The van der Waals surface area contributed by atoms with Crippen molar-refractivity contribution in [2.45, 2.75) is 103 Å². The molecule has 13 heteroatoms. The summed E-state index contributed by atoms with van der Waals surface area (Å²) in [5, 5.41) is 17.5. The number of aliphatic hydroxyl groups is 1. The molecule has 0 radical (unpaired) electrons. The Bertz CT molecular complexity index is 1400. The molecule has 2 aromatic rings. The summed E-state index contributed by atoms with van der Waals surface area (Å²) < 4.78 is 30.0. The van der Waals surface area contributed by atoms with Crippen molar-refractivity contribution in [1.29, 1.82) is 0 Å². The van der Waals surface area contributed by atoms with E-state index in [1.165, 1.54) is 11.1 Å². The molecule has 49 heavy (non-hydrogen) atoms. The van der Waals surface area contributed by atoms with E-state index >= 15 is 0 Å². The number of hydrogen-bond donors (Lipinski definition) is 3. The molecule has 1 aliphatic heterocycles. The lowest BCUT2D eigenvalue weighted by Crippen LogP contribution is -2.53. The van der Waals surface area contributed by atoms with Crippen molar-refractivity contribution < 1.29 is 37.8 Å². The largest absolute Gasteiger partial charge is 0.445 e. The lowest BCUT2D eigenvalue weighted by atomic mass is 9.84. The van der Waals surface area contributed by atoms with Gasteiger partial charge in [0.15, 0.2) is 5.85 Å². The van der Waals surface area contributed by atoms with Gasteiger partial charge in [-0.15, -0.1) is 0 Å². The fraction of sp³-hybridized carbons (Fsp3) is 0.583. The van der Waals surface area contributed by atoms with E-state index in [0.717, 1.165) is 44.9 Å². The number of rotatable bonds is 16. The van der Waals surface area contributed by atoms with Crippen LogP contribution in [0.15, 0.2) is 48.5 Å². The highest BCUT2D eigenvalue weighted by molar-refractivity contribution is 7.54. The summed E-state index contributed by atoms with van der Waals surface area (Å²) in [7, 11) is -4.11. The lowest BCUT2D eigenvalue weighted by Gasteiger charge is -2.32. The van der Waals surface area contributed by atoms with Gasteiger partial charge in [-0.2, -0.15) is 0 Å². The van der Waals surface area contributed by atoms with Crippen molar-refractivity contribution >= 4 is 37.1 Å². The normalized spacial score (nSPS) is 17.3. The minimum Gasteiger partial charge on any atom is -0.445 e. The van der Waals surface area contributed by atoms with Gasteiger partial charge in [0.05, 0.1) is 19.3 Å². The first-order valence-electron chi connectivity index (χ1n) is 17.5. The molecule has 0 spiro atoms. The van der Waals surface area contributed by atoms with E-state index in [4.69, 9.17) is 25.4 Å². The highest BCUT2D eigenvalue weighted by atomic mass is 35.5. The van der Waals surface area contributed by atoms with Gasteiger partial charge in [0.1, 0.15) is 12.6 Å². The summed E-state index contributed by atoms with van der Waals surface area (Å²) in [5.41, 5.74) is 3.13. The smallest absolute Gasteiger partial charge is 0.408 e. The van der Waals surface area contributed by atoms with E-state index in [9.17, 15) is 24.1 Å². The number of ether oxygens (including phenoxy) is 1. The molecule has 3 atom stereocenters. The van der Waals surface area contributed by atoms with Crippen LogP contribution in [0.4, 0.5) is 4.79 Å². The maximum atomic E-state index is 14.0. The molecular weight excluding hydrogens is 669 g/mol. The summed E-state index contributed by atoms with van der Waals surface area (Å²) in [6, 6.07) is 12.9. The van der Waals surface area contributed by atoms with Crippen molar-refractivity contribution in [3.05, 3.63) is 70.2 Å². The molecule has 3 amide bonds. The molecule has 0 bridgehead atoms. The molecule has 0 saturated heterocycles. The minimum absolute atomic E-state index is 0.00655. The number of carbonyl (C=O) groups excluding carboxylic acids is 3. The maximum Gasteiger partial charge on any atom is 0.408 e. The molecule has 2 aromatic carbocycles. The van der Waals surface area contributed by atoms with Crippen LogP contribution < -0.4 is 10.6 Å². The number of aliphatic hydroxyl groups excluding tert-OH is 1. The van der Waals surface area contributed by atoms with Crippen LogP contribution in [0.25, 0.3) is 0 Å². The first-order valence-corrected chi connectivity index (χ1v) is 19.5. The molecule has 1 saturated carbocycles. The van der Waals surface area contributed by atoms with Gasteiger partial charge < -0.3 is 34.4 Å². The van der Waals surface area contributed by atoms with Crippen LogP contribution in [-0.2, 0) is 47.4 Å². The van der Waals surface area contributed by atoms with Gasteiger partial charge >= 0.3 is 13.7 Å². The average molecular weight is 720 g/mol. The Kier molecular flexibility index (Phi) is 15.4. The predicted molar refractivity (Wildman–Crippen MR) is 188 cm³/mol. The Hall–Kier alpha value is -2.95. The Balaban J connectivity index is 1.48. The third-order valence-corrected chi connectivity index (χ3v) is 11.7. The standard InChI is InChI=1S/C36H51ClN3O8P/c1-3-47-49(45,48-4-2)35(43)31(17-18-33(41)40-21-19-28-14-8-9-15-29(28)20-22-40)38-34(42)32(24-26-11-6-5-7-12-26)39-36(44)46-25-27-13-10-16-30(37)23-27/h8-10,13-16,23,26,31-32,35,43H,3-7,11-12,17-22,24-25H2,1-2H3,(H,38,42)(H,39,44)/t31-,32-,35?/m0/s1. The molecule has 0 aromatic heterocycles. The maximum absolute atomic E-state index is 14.0. The highest BCUT2D eigenvalue weighted by Gasteiger charge is 2.42. The molecule has 3 N–H and O–H groups in total. The van der Waals surface area contributed by atoms with Crippen LogP contribution in [0.5, 0.6) is 0 Å². The molecule has 270 valence electrons. The summed E-state index contributed by atoms with van der Waals surface area (Å²) in [4.78, 5) is 42.2. The second-order valence-electron chi connectivity index (χ2n) is 12.7. The van der Waals surface area contributed by atoms with Gasteiger partial charge in [0.25, 0.3) is 0 Å². The van der Waals surface area contributed by atoms with Gasteiger partial charge in [0, 0.05) is 24.5 Å². The summed E-state index contributed by atoms with van der Waals surface area (Å²) in [5.74, 6) is -2.26. The minimum atomic E-state index is -4.11. The lowest BCUT2D eigenvalue weighted by molar-refractivity contribution is -0.132. The van der Waals surface area contributed by atoms with Crippen LogP contribution in [0, 0.1) is 5.92 Å². The zero-order valence-corrected chi connectivity index (χ0v) is 30.3. The van der Waals surface area contributed by atoms with E-state index in [-0.39, 0.29) is 44.5 Å². The van der Waals surface area contributed by atoms with Crippen LogP contribution in [0.1, 0.15) is 81.9 Å². The number of carbonyl (C=O) groups is 3. The Morgan fingerprint density at radius 2 is 1.61 bits per heavy atom. The van der Waals surface area contributed by atoms with Crippen molar-refractivity contribution in [2.24, 2.45) is 5.92 Å². The molecule has 11 nitrogen and oxygen atoms in total. The summed E-state index contributed by atoms with van der Waals surface area (Å²) in [6.07, 6.45) is 6.06. The fourth-order valence-corrected chi connectivity index (χ4v) is 8.63. The average Bonchev–Trinajstić information content (AvgIpc) is 3.32. The van der Waals surface area contributed by atoms with Crippen molar-refractivity contribution in [3.63, 3.8) is 0 Å². The predicted octanol–water partition coefficient (Wildman–Crippen LogP) is 6.38. The van der Waals surface area contributed by atoms with Gasteiger partial charge in [-0.1, -0.05) is 80.1 Å². The number of halogens is 1. The van der Waals surface area contributed by atoms with E-state index in [1.807, 2.05) is 12.1 Å². The zero-order valence-electron chi connectivity index (χ0n) is 28.6. The second kappa shape index (κ2) is 19.4. The first kappa shape index (κ1) is 38.8. The fourth-order valence-electron chi connectivity index (χ4n) is 6.65. The quantitative estimate of drug-likeness (QED) is 0.170. The zero-order chi connectivity index (χ0) is 35.2. The molecule has 1 fully saturated rings. The number of benzene rings is 2. The van der Waals surface area contributed by atoms with Gasteiger partial charge in [-0.3, -0.25) is 14.2 Å². The molecule has 2 aliphatic rings. The van der Waals surface area contributed by atoms with Gasteiger partial charge in [0.2, 0.25) is 11.8 Å². The molecular formula is C36H51ClN3O8P. The van der Waals surface area contributed by atoms with Crippen LogP contribution in [0.3, 0.4) is 0 Å². The van der Waals surface area contributed by atoms with Crippen molar-refractivity contribution in [2.75, 3.05) is 26.3 Å². The van der Waals surface area contributed by atoms with Gasteiger partial charge in [-0.05, 0) is 74.3 Å². The third kappa shape index (κ3) is 11.8. The Morgan fingerprint density at radius 3 is 2.22 bits per heavy atom. The van der Waals surface area contributed by atoms with Crippen LogP contribution in [0.2, 0.25) is 5.02 Å². The molecule has 4 rings (SSSR count). The SMILES string of the molecule is CCOP(=O)(OCC)C(O)[C@H](CCC(=O)N1CCc2ccccc2CC1)NC(=O)[C@H](CC1CCCCC1)NC(=O)OCc1cccc(Cl)c1. The Morgan fingerprint density at radius 1 is 0.959 bits per heavy atom. The number of alkyl carbamates (subject to hydrolysis) is 1. The first-order chi connectivity index (χ1) is 23.6. The molecule has 1 heterocycles. The topological polar surface area (TPSA) is 144 Å². The van der Waals surface area contributed by atoms with Crippen molar-refractivity contribution in [3.8, 4) is 0 Å². The van der Waals surface area contributed by atoms with Crippen LogP contribution >= 0.6 is 19.2 Å². The van der Waals surface area contributed by atoms with E-state index < -0.39 is 37.5 Å². The summed E-state index contributed by atoms with van der Waals surface area (Å²) in [6.45, 7) is 4.34.